The predicted molar refractivity (Wildman–Crippen MR) is 200 cm³/mol. The molecule has 0 bridgehead atoms. The van der Waals surface area contributed by atoms with Crippen molar-refractivity contribution in [1.29, 1.82) is 0 Å². The number of allylic oxidation sites excluding steroid dienone is 1. The Morgan fingerprint density at radius 3 is 2.20 bits per heavy atom. The van der Waals surface area contributed by atoms with Crippen molar-refractivity contribution in [1.82, 2.24) is 0 Å². The van der Waals surface area contributed by atoms with E-state index in [0.717, 1.165) is 19.3 Å². The molecule has 4 aliphatic carbocycles. The minimum absolute atomic E-state index is 0.0754. The summed E-state index contributed by atoms with van der Waals surface area (Å²) >= 11 is 0. The zero-order chi connectivity index (χ0) is 41.2. The first kappa shape index (κ1) is 42.0. The van der Waals surface area contributed by atoms with Gasteiger partial charge in [0.2, 0.25) is 6.79 Å². The third kappa shape index (κ3) is 7.13. The number of ether oxygens (including phenoxy) is 3. The topological polar surface area (TPSA) is 144 Å². The van der Waals surface area contributed by atoms with Crippen molar-refractivity contribution in [3.63, 3.8) is 0 Å². The molecule has 10 nitrogen and oxygen atoms in total. The number of carbonyl (C=O) groups is 3. The third-order valence-electron chi connectivity index (χ3n) is 14.5. The number of fused-ring (bicyclic) bond motifs is 5. The van der Waals surface area contributed by atoms with Gasteiger partial charge in [0, 0.05) is 18.1 Å². The zero-order valence-corrected chi connectivity index (χ0v) is 33.7. The molecule has 2 N–H and O–H groups in total. The van der Waals surface area contributed by atoms with Crippen molar-refractivity contribution in [3.8, 4) is 0 Å². The van der Waals surface area contributed by atoms with Crippen molar-refractivity contribution < 1.29 is 52.0 Å². The lowest BCUT2D eigenvalue weighted by Gasteiger charge is -2.69. The number of hydrogen-bond acceptors (Lipinski definition) is 10. The zero-order valence-electron chi connectivity index (χ0n) is 33.7. The molecule has 13 heteroatoms. The molecule has 0 unspecified atom stereocenters. The van der Waals surface area contributed by atoms with E-state index >= 15 is 0 Å². The molecule has 1 heterocycles. The van der Waals surface area contributed by atoms with Crippen LogP contribution < -0.4 is 0 Å². The average Bonchev–Trinajstić information content (AvgIpc) is 3.87. The summed E-state index contributed by atoms with van der Waals surface area (Å²) in [5.74, 6) is -1.85. The molecule has 0 saturated heterocycles. The van der Waals surface area contributed by atoms with Gasteiger partial charge in [-0.15, -0.1) is 10.2 Å². The second-order valence-electron chi connectivity index (χ2n) is 18.7. The van der Waals surface area contributed by atoms with Crippen LogP contribution in [0.5, 0.6) is 0 Å². The van der Waals surface area contributed by atoms with E-state index in [1.165, 1.54) is 19.1 Å². The van der Waals surface area contributed by atoms with Gasteiger partial charge in [0.05, 0.1) is 17.6 Å². The molecular formula is C43H57F3N2O8. The predicted octanol–water partition coefficient (Wildman–Crippen LogP) is 8.60. The summed E-state index contributed by atoms with van der Waals surface area (Å²) in [6, 6.07) is 5.77. The van der Waals surface area contributed by atoms with Crippen LogP contribution in [0, 0.1) is 45.3 Å². The first-order chi connectivity index (χ1) is 26.0. The van der Waals surface area contributed by atoms with E-state index in [-0.39, 0.29) is 52.7 Å². The molecule has 6 rings (SSSR count). The summed E-state index contributed by atoms with van der Waals surface area (Å²) in [6.45, 7) is 14.6. The number of halogens is 3. The Morgan fingerprint density at radius 1 is 0.946 bits per heavy atom. The number of aliphatic hydroxyl groups excluding tert-OH is 2. The second-order valence-corrected chi connectivity index (χ2v) is 18.7. The number of rotatable bonds is 9. The van der Waals surface area contributed by atoms with Gasteiger partial charge in [-0.25, -0.2) is 4.79 Å². The number of alkyl halides is 3. The van der Waals surface area contributed by atoms with Gasteiger partial charge in [0.1, 0.15) is 6.10 Å². The van der Waals surface area contributed by atoms with E-state index in [1.807, 2.05) is 0 Å². The standard InChI is InChI=1S/C43H57F3N2O8/c1-24-29-17-20-40(7)35(39(29,6)19-18-31(24)50)32(51)21-30-34(33(56-25(2)49)22-41(30,40)8)28(36(52)54-23-55-37(53)38(3,4)5)12-10-9-11-26-13-15-27(16-14-26)42(47-48-42)43(44,45)46/h9,11,13-16,24,29-33,35,50-51H,10,12,17-23H2,1-8H3/b11-9+,34-28-/t24-,29-,30-,31+,32+,33-,35-,39-,40-,41-/m0/s1. The summed E-state index contributed by atoms with van der Waals surface area (Å²) < 4.78 is 57.5. The molecule has 10 atom stereocenters. The number of benzene rings is 1. The molecule has 0 radical (unpaired) electrons. The summed E-state index contributed by atoms with van der Waals surface area (Å²) in [7, 11) is 0. The second kappa shape index (κ2) is 14.7. The molecule has 0 spiro atoms. The lowest BCUT2D eigenvalue weighted by molar-refractivity contribution is -0.234. The fourth-order valence-electron chi connectivity index (χ4n) is 11.4. The van der Waals surface area contributed by atoms with Crippen LogP contribution in [0.1, 0.15) is 118 Å². The first-order valence-electron chi connectivity index (χ1n) is 19.9. The van der Waals surface area contributed by atoms with Crippen LogP contribution in [0.15, 0.2) is 51.7 Å². The Hall–Kier alpha value is -3.58. The van der Waals surface area contributed by atoms with Crippen LogP contribution in [0.2, 0.25) is 0 Å². The minimum atomic E-state index is -4.63. The van der Waals surface area contributed by atoms with E-state index in [2.05, 4.69) is 37.9 Å². The van der Waals surface area contributed by atoms with E-state index in [1.54, 1.807) is 45.1 Å². The number of carbonyl (C=O) groups excluding carboxylic acids is 3. The quantitative estimate of drug-likeness (QED) is 0.144. The van der Waals surface area contributed by atoms with Gasteiger partial charge in [-0.3, -0.25) is 9.59 Å². The van der Waals surface area contributed by atoms with Crippen molar-refractivity contribution in [2.75, 3.05) is 6.79 Å². The smallest absolute Gasteiger partial charge is 0.442 e. The highest BCUT2D eigenvalue weighted by molar-refractivity contribution is 5.90. The van der Waals surface area contributed by atoms with E-state index in [9.17, 15) is 37.8 Å². The van der Waals surface area contributed by atoms with Crippen LogP contribution in [-0.4, -0.2) is 59.4 Å². The summed E-state index contributed by atoms with van der Waals surface area (Å²) in [5.41, 5.74) is -3.00. The molecule has 56 heavy (non-hydrogen) atoms. The Kier molecular flexibility index (Phi) is 11.0. The van der Waals surface area contributed by atoms with E-state index < -0.39 is 65.0 Å². The van der Waals surface area contributed by atoms with Crippen molar-refractivity contribution in [2.24, 2.45) is 55.6 Å². The SMILES string of the molecule is CC(=O)O[C@H]1C[C@@]2(C)[C@@H](C[C@@H](O)[C@H]3[C@@]4(C)CC[C@@H](O)[C@@H](C)[C@@H]4CC[C@@]32C)/C1=C(\CC/C=C/c1ccc(C2(C(F)(F)F)N=N2)cc1)C(=O)OCOC(=O)C(C)(C)C. The Balaban J connectivity index is 1.33. The normalized spacial score (nSPS) is 36.9. The van der Waals surface area contributed by atoms with Gasteiger partial charge in [0.25, 0.3) is 0 Å². The van der Waals surface area contributed by atoms with Gasteiger partial charge in [-0.2, -0.15) is 13.2 Å². The summed E-state index contributed by atoms with van der Waals surface area (Å²) in [5, 5.41) is 29.6. The summed E-state index contributed by atoms with van der Waals surface area (Å²) in [4.78, 5) is 39.4. The highest BCUT2D eigenvalue weighted by Crippen LogP contribution is 2.74. The maximum absolute atomic E-state index is 14.2. The average molecular weight is 787 g/mol. The van der Waals surface area contributed by atoms with Gasteiger partial charge >= 0.3 is 29.7 Å². The van der Waals surface area contributed by atoms with Crippen LogP contribution in [-0.2, 0) is 34.3 Å². The molecule has 4 fully saturated rings. The molecule has 0 aromatic heterocycles. The highest BCUT2D eigenvalue weighted by Gasteiger charge is 2.71. The fraction of sp³-hybridized carbons (Fsp3) is 0.698. The van der Waals surface area contributed by atoms with Crippen LogP contribution in [0.3, 0.4) is 0 Å². The highest BCUT2D eigenvalue weighted by atomic mass is 19.4. The van der Waals surface area contributed by atoms with E-state index in [4.69, 9.17) is 14.2 Å². The molecule has 4 saturated carbocycles. The number of aliphatic hydroxyl groups is 2. The van der Waals surface area contributed by atoms with Crippen LogP contribution in [0.4, 0.5) is 13.2 Å². The lowest BCUT2D eigenvalue weighted by atomic mass is 9.36. The number of nitrogens with zero attached hydrogens (tertiary/aromatic N) is 2. The van der Waals surface area contributed by atoms with Gasteiger partial charge in [-0.05, 0) is 123 Å². The first-order valence-corrected chi connectivity index (χ1v) is 19.9. The summed E-state index contributed by atoms with van der Waals surface area (Å²) in [6.07, 6.45) is 1.46. The maximum atomic E-state index is 14.2. The molecule has 1 aliphatic heterocycles. The Bertz CT molecular complexity index is 1790. The van der Waals surface area contributed by atoms with E-state index in [0.29, 0.717) is 36.8 Å². The van der Waals surface area contributed by atoms with Crippen molar-refractivity contribution >= 4 is 24.0 Å². The Labute approximate surface area is 327 Å². The van der Waals surface area contributed by atoms with Gasteiger partial charge in [-0.1, -0.05) is 64.1 Å². The molecule has 1 aromatic carbocycles. The number of hydrogen-bond donors (Lipinski definition) is 2. The fourth-order valence-corrected chi connectivity index (χ4v) is 11.4. The largest absolute Gasteiger partial charge is 0.458 e. The van der Waals surface area contributed by atoms with Crippen molar-refractivity contribution in [2.45, 2.75) is 137 Å². The van der Waals surface area contributed by atoms with Crippen LogP contribution in [0.25, 0.3) is 6.08 Å². The molecule has 0 amide bonds. The molecular weight excluding hydrogens is 729 g/mol. The van der Waals surface area contributed by atoms with Crippen LogP contribution >= 0.6 is 0 Å². The van der Waals surface area contributed by atoms with Gasteiger partial charge < -0.3 is 24.4 Å². The molecule has 308 valence electrons. The number of esters is 3. The van der Waals surface area contributed by atoms with Crippen molar-refractivity contribution in [3.05, 3.63) is 52.6 Å². The maximum Gasteiger partial charge on any atom is 0.442 e. The third-order valence-corrected chi connectivity index (χ3v) is 14.5. The Morgan fingerprint density at radius 2 is 1.61 bits per heavy atom. The minimum Gasteiger partial charge on any atom is -0.458 e. The molecule has 5 aliphatic rings. The molecule has 1 aromatic rings. The monoisotopic (exact) mass is 786 g/mol. The van der Waals surface area contributed by atoms with Gasteiger partial charge in [0.15, 0.2) is 0 Å². The lowest BCUT2D eigenvalue weighted by Crippen LogP contribution is -2.65.